The van der Waals surface area contributed by atoms with Gasteiger partial charge in [0.2, 0.25) is 0 Å². The van der Waals surface area contributed by atoms with Crippen molar-refractivity contribution in [3.8, 4) is 5.75 Å². The highest BCUT2D eigenvalue weighted by Crippen LogP contribution is 2.39. The predicted molar refractivity (Wildman–Crippen MR) is 114 cm³/mol. The fourth-order valence-corrected chi connectivity index (χ4v) is 3.58. The molecule has 2 rings (SSSR count). The summed E-state index contributed by atoms with van der Waals surface area (Å²) in [6, 6.07) is 5.48. The van der Waals surface area contributed by atoms with Crippen LogP contribution in [0, 0.1) is 16.2 Å². The van der Waals surface area contributed by atoms with Crippen LogP contribution in [0.3, 0.4) is 0 Å². The summed E-state index contributed by atoms with van der Waals surface area (Å²) in [4.78, 5) is 13.4. The molecule has 0 aliphatic carbocycles. The minimum Gasteiger partial charge on any atom is -0.492 e. The number of ether oxygens (including phenoxy) is 1. The third-order valence-corrected chi connectivity index (χ3v) is 5.69. The Balaban J connectivity index is 2.17. The van der Waals surface area contributed by atoms with Gasteiger partial charge in [-0.2, -0.15) is 0 Å². The first-order chi connectivity index (χ1) is 12.4. The van der Waals surface area contributed by atoms with E-state index >= 15 is 0 Å². The minimum atomic E-state index is -0.316. The van der Waals surface area contributed by atoms with Crippen molar-refractivity contribution in [2.75, 3.05) is 19.7 Å². The highest BCUT2D eigenvalue weighted by molar-refractivity contribution is 6.32. The molecule has 1 fully saturated rings. The standard InChI is InChI=1S/C23H36ClNO2/c1-21(2,3)9-10-23(11-13-25-16-23)20(26)17-7-8-18(24)19(15-17)27-14-12-22(4,5)6/h7-8,15,25H,9-14,16H2,1-6H3. The Morgan fingerprint density at radius 2 is 1.81 bits per heavy atom. The monoisotopic (exact) mass is 393 g/mol. The molecular formula is C23H36ClNO2. The molecule has 1 unspecified atom stereocenters. The number of hydrogen-bond donors (Lipinski definition) is 1. The van der Waals surface area contributed by atoms with Gasteiger partial charge in [0.15, 0.2) is 5.78 Å². The maximum atomic E-state index is 13.4. The SMILES string of the molecule is CC(C)(C)CCOc1cc(C(=O)C2(CCC(C)(C)C)CCNC2)ccc1Cl. The highest BCUT2D eigenvalue weighted by Gasteiger charge is 2.42. The normalized spacial score (nSPS) is 20.7. The average molecular weight is 394 g/mol. The van der Waals surface area contributed by atoms with Gasteiger partial charge in [-0.25, -0.2) is 0 Å². The molecule has 27 heavy (non-hydrogen) atoms. The van der Waals surface area contributed by atoms with E-state index in [0.29, 0.717) is 22.9 Å². The van der Waals surface area contributed by atoms with Crippen molar-refractivity contribution >= 4 is 17.4 Å². The Hall–Kier alpha value is -1.06. The maximum Gasteiger partial charge on any atom is 0.170 e. The van der Waals surface area contributed by atoms with Crippen molar-refractivity contribution in [1.82, 2.24) is 5.32 Å². The van der Waals surface area contributed by atoms with Crippen molar-refractivity contribution in [3.63, 3.8) is 0 Å². The number of rotatable bonds is 7. The molecule has 1 aromatic rings. The van der Waals surface area contributed by atoms with Crippen LogP contribution >= 0.6 is 11.6 Å². The molecular weight excluding hydrogens is 358 g/mol. The van der Waals surface area contributed by atoms with Gasteiger partial charge in [-0.1, -0.05) is 53.1 Å². The lowest BCUT2D eigenvalue weighted by atomic mass is 9.72. The molecule has 0 radical (unpaired) electrons. The molecule has 1 heterocycles. The molecule has 0 spiro atoms. The van der Waals surface area contributed by atoms with E-state index in [2.05, 4.69) is 46.9 Å². The van der Waals surface area contributed by atoms with Gasteiger partial charge >= 0.3 is 0 Å². The van der Waals surface area contributed by atoms with Gasteiger partial charge in [0.1, 0.15) is 5.75 Å². The summed E-state index contributed by atoms with van der Waals surface area (Å²) in [5.74, 6) is 0.831. The number of Topliss-reactive ketones (excluding diaryl/α,β-unsaturated/α-hetero) is 1. The van der Waals surface area contributed by atoms with Crippen LogP contribution in [0.25, 0.3) is 0 Å². The summed E-state index contributed by atoms with van der Waals surface area (Å²) in [6.07, 6.45) is 3.76. The zero-order valence-electron chi connectivity index (χ0n) is 17.9. The summed E-state index contributed by atoms with van der Waals surface area (Å²) >= 11 is 6.32. The molecule has 1 saturated heterocycles. The third kappa shape index (κ3) is 6.50. The molecule has 1 aliphatic heterocycles. The van der Waals surface area contributed by atoms with Crippen LogP contribution in [-0.2, 0) is 0 Å². The molecule has 1 atom stereocenters. The van der Waals surface area contributed by atoms with Crippen LogP contribution in [0.5, 0.6) is 5.75 Å². The van der Waals surface area contributed by atoms with E-state index in [9.17, 15) is 4.79 Å². The van der Waals surface area contributed by atoms with Crippen LogP contribution in [0.2, 0.25) is 5.02 Å². The number of halogens is 1. The smallest absolute Gasteiger partial charge is 0.170 e. The van der Waals surface area contributed by atoms with E-state index in [1.807, 2.05) is 12.1 Å². The van der Waals surface area contributed by atoms with Gasteiger partial charge in [0.25, 0.3) is 0 Å². The van der Waals surface area contributed by atoms with E-state index < -0.39 is 0 Å². The minimum absolute atomic E-state index is 0.201. The topological polar surface area (TPSA) is 38.3 Å². The van der Waals surface area contributed by atoms with E-state index in [0.717, 1.165) is 38.8 Å². The Morgan fingerprint density at radius 1 is 1.15 bits per heavy atom. The fraction of sp³-hybridized carbons (Fsp3) is 0.696. The summed E-state index contributed by atoms with van der Waals surface area (Å²) in [6.45, 7) is 15.5. The van der Waals surface area contributed by atoms with Crippen molar-refractivity contribution in [3.05, 3.63) is 28.8 Å². The van der Waals surface area contributed by atoms with Gasteiger partial charge in [0, 0.05) is 17.5 Å². The van der Waals surface area contributed by atoms with Crippen LogP contribution in [0.1, 0.15) is 77.6 Å². The molecule has 0 saturated carbocycles. The number of nitrogens with one attached hydrogen (secondary N) is 1. The van der Waals surface area contributed by atoms with Crippen molar-refractivity contribution < 1.29 is 9.53 Å². The molecule has 1 N–H and O–H groups in total. The van der Waals surface area contributed by atoms with Gasteiger partial charge in [-0.15, -0.1) is 0 Å². The lowest BCUT2D eigenvalue weighted by Gasteiger charge is -2.30. The summed E-state index contributed by atoms with van der Waals surface area (Å²) in [7, 11) is 0. The molecule has 0 bridgehead atoms. The van der Waals surface area contributed by atoms with Gasteiger partial charge < -0.3 is 10.1 Å². The fourth-order valence-electron chi connectivity index (χ4n) is 3.41. The summed E-state index contributed by atoms with van der Waals surface area (Å²) in [5.41, 5.74) is 0.815. The zero-order valence-corrected chi connectivity index (χ0v) is 18.6. The second kappa shape index (κ2) is 8.53. The highest BCUT2D eigenvalue weighted by atomic mass is 35.5. The lowest BCUT2D eigenvalue weighted by Crippen LogP contribution is -2.34. The second-order valence-corrected chi connectivity index (χ2v) is 10.8. The predicted octanol–water partition coefficient (Wildman–Crippen LogP) is 6.14. The number of ketones is 1. The van der Waals surface area contributed by atoms with Gasteiger partial charge in [0.05, 0.1) is 11.6 Å². The van der Waals surface area contributed by atoms with Crippen LogP contribution in [0.15, 0.2) is 18.2 Å². The first-order valence-electron chi connectivity index (χ1n) is 10.1. The first kappa shape index (κ1) is 22.2. The Morgan fingerprint density at radius 3 is 2.37 bits per heavy atom. The van der Waals surface area contributed by atoms with E-state index in [1.54, 1.807) is 6.07 Å². The largest absolute Gasteiger partial charge is 0.492 e. The summed E-state index contributed by atoms with van der Waals surface area (Å²) in [5, 5.41) is 3.96. The van der Waals surface area contributed by atoms with Crippen LogP contribution < -0.4 is 10.1 Å². The van der Waals surface area contributed by atoms with Crippen molar-refractivity contribution in [2.24, 2.45) is 16.2 Å². The number of carbonyl (C=O) groups is 1. The molecule has 3 nitrogen and oxygen atoms in total. The van der Waals surface area contributed by atoms with E-state index in [1.165, 1.54) is 0 Å². The van der Waals surface area contributed by atoms with Crippen molar-refractivity contribution in [2.45, 2.75) is 67.2 Å². The third-order valence-electron chi connectivity index (χ3n) is 5.38. The average Bonchev–Trinajstić information content (AvgIpc) is 3.02. The number of hydrogen-bond acceptors (Lipinski definition) is 3. The molecule has 0 amide bonds. The van der Waals surface area contributed by atoms with Gasteiger partial charge in [-0.05, 0) is 61.3 Å². The molecule has 4 heteroatoms. The van der Waals surface area contributed by atoms with Crippen LogP contribution in [0.4, 0.5) is 0 Å². The molecule has 1 aromatic carbocycles. The lowest BCUT2D eigenvalue weighted by molar-refractivity contribution is 0.0783. The van der Waals surface area contributed by atoms with Gasteiger partial charge in [-0.3, -0.25) is 4.79 Å². The Bertz CT molecular complexity index is 649. The Labute approximate surface area is 170 Å². The van der Waals surface area contributed by atoms with E-state index in [4.69, 9.17) is 16.3 Å². The molecule has 152 valence electrons. The number of benzene rings is 1. The second-order valence-electron chi connectivity index (χ2n) is 10.4. The van der Waals surface area contributed by atoms with Crippen LogP contribution in [-0.4, -0.2) is 25.5 Å². The molecule has 1 aliphatic rings. The quantitative estimate of drug-likeness (QED) is 0.565. The maximum absolute atomic E-state index is 13.4. The number of carbonyl (C=O) groups excluding carboxylic acids is 1. The summed E-state index contributed by atoms with van der Waals surface area (Å²) < 4.78 is 5.91. The van der Waals surface area contributed by atoms with E-state index in [-0.39, 0.29) is 22.0 Å². The Kier molecular flexibility index (Phi) is 7.02. The zero-order chi connectivity index (χ0) is 20.3. The first-order valence-corrected chi connectivity index (χ1v) is 10.5. The van der Waals surface area contributed by atoms with Crippen molar-refractivity contribution in [1.29, 1.82) is 0 Å². The molecule has 0 aromatic heterocycles.